The van der Waals surface area contributed by atoms with Gasteiger partial charge in [-0.2, -0.15) is 0 Å². The van der Waals surface area contributed by atoms with Crippen molar-refractivity contribution in [2.75, 3.05) is 26.2 Å². The van der Waals surface area contributed by atoms with Gasteiger partial charge in [0.15, 0.2) is 5.01 Å². The third-order valence-corrected chi connectivity index (χ3v) is 7.78. The molecule has 0 bridgehead atoms. The van der Waals surface area contributed by atoms with E-state index < -0.39 is 0 Å². The molecule has 2 saturated heterocycles. The second-order valence-corrected chi connectivity index (χ2v) is 10.2. The Bertz CT molecular complexity index is 1190. The summed E-state index contributed by atoms with van der Waals surface area (Å²) in [6, 6.07) is 17.6. The summed E-state index contributed by atoms with van der Waals surface area (Å²) in [4.78, 5) is 35.4. The SMILES string of the molecule is O=C(c1nccs1)N1CC[C@H](NC2CN(C(=O)N3Cc4ccc(-c5ccccc5)cc4C3)C2)C1. The molecule has 0 radical (unpaired) electrons. The molecule has 4 heterocycles. The zero-order valence-electron chi connectivity index (χ0n) is 18.9. The molecule has 6 rings (SSSR count). The van der Waals surface area contributed by atoms with Crippen LogP contribution in [0.25, 0.3) is 11.1 Å². The Kier molecular flexibility index (Phi) is 5.55. The van der Waals surface area contributed by atoms with Crippen molar-refractivity contribution >= 4 is 23.3 Å². The predicted molar refractivity (Wildman–Crippen MR) is 131 cm³/mol. The Balaban J connectivity index is 0.992. The van der Waals surface area contributed by atoms with Crippen molar-refractivity contribution in [3.05, 3.63) is 76.2 Å². The summed E-state index contributed by atoms with van der Waals surface area (Å²) in [7, 11) is 0. The van der Waals surface area contributed by atoms with Crippen LogP contribution in [-0.2, 0) is 13.1 Å². The Morgan fingerprint density at radius 3 is 2.47 bits per heavy atom. The topological polar surface area (TPSA) is 68.8 Å². The van der Waals surface area contributed by atoms with Crippen LogP contribution in [0, 0.1) is 0 Å². The molecule has 8 heteroatoms. The molecule has 3 aliphatic heterocycles. The molecule has 1 atom stereocenters. The van der Waals surface area contributed by atoms with Crippen molar-refractivity contribution in [1.29, 1.82) is 0 Å². The molecule has 174 valence electrons. The smallest absolute Gasteiger partial charge is 0.320 e. The lowest BCUT2D eigenvalue weighted by Crippen LogP contribution is -2.63. The number of hydrogen-bond acceptors (Lipinski definition) is 5. The van der Waals surface area contributed by atoms with E-state index in [9.17, 15) is 9.59 Å². The summed E-state index contributed by atoms with van der Waals surface area (Å²) in [5.41, 5.74) is 4.87. The average molecular weight is 474 g/mol. The Morgan fingerprint density at radius 2 is 1.68 bits per heavy atom. The minimum atomic E-state index is 0.0220. The molecule has 3 aliphatic rings. The highest BCUT2D eigenvalue weighted by Crippen LogP contribution is 2.30. The van der Waals surface area contributed by atoms with Crippen molar-refractivity contribution in [3.63, 3.8) is 0 Å². The summed E-state index contributed by atoms with van der Waals surface area (Å²) in [6.07, 6.45) is 2.61. The van der Waals surface area contributed by atoms with E-state index in [4.69, 9.17) is 0 Å². The molecule has 2 aromatic carbocycles. The zero-order valence-corrected chi connectivity index (χ0v) is 19.7. The first-order valence-electron chi connectivity index (χ1n) is 11.8. The Labute approximate surface area is 203 Å². The van der Waals surface area contributed by atoms with Crippen molar-refractivity contribution in [2.24, 2.45) is 0 Å². The number of thiazole rings is 1. The molecule has 3 aromatic rings. The number of amides is 3. The van der Waals surface area contributed by atoms with Crippen molar-refractivity contribution in [1.82, 2.24) is 25.0 Å². The normalized spacial score (nSPS) is 19.9. The highest BCUT2D eigenvalue weighted by atomic mass is 32.1. The van der Waals surface area contributed by atoms with Crippen LogP contribution in [0.2, 0.25) is 0 Å². The molecule has 1 aromatic heterocycles. The van der Waals surface area contributed by atoms with Crippen LogP contribution in [0.15, 0.2) is 60.1 Å². The highest BCUT2D eigenvalue weighted by Gasteiger charge is 2.37. The van der Waals surface area contributed by atoms with Crippen LogP contribution in [0.3, 0.4) is 0 Å². The average Bonchev–Trinajstić information content (AvgIpc) is 3.61. The molecule has 2 fully saturated rings. The lowest BCUT2D eigenvalue weighted by atomic mass is 10.0. The summed E-state index contributed by atoms with van der Waals surface area (Å²) in [5, 5.41) is 6.03. The minimum absolute atomic E-state index is 0.0220. The maximum Gasteiger partial charge on any atom is 0.320 e. The fourth-order valence-electron chi connectivity index (χ4n) is 5.16. The number of aromatic nitrogens is 1. The van der Waals surface area contributed by atoms with Crippen molar-refractivity contribution < 1.29 is 9.59 Å². The van der Waals surface area contributed by atoms with Gasteiger partial charge in [-0.15, -0.1) is 11.3 Å². The van der Waals surface area contributed by atoms with Crippen LogP contribution in [0.5, 0.6) is 0 Å². The second-order valence-electron chi connectivity index (χ2n) is 9.33. The molecule has 0 saturated carbocycles. The van der Waals surface area contributed by atoms with E-state index in [1.54, 1.807) is 6.20 Å². The number of carbonyl (C=O) groups is 2. The molecule has 3 amide bonds. The third-order valence-electron chi connectivity index (χ3n) is 7.02. The Morgan fingerprint density at radius 1 is 0.882 bits per heavy atom. The predicted octanol–water partition coefficient (Wildman–Crippen LogP) is 3.43. The second kappa shape index (κ2) is 8.85. The number of fused-ring (bicyclic) bond motifs is 1. The first-order chi connectivity index (χ1) is 16.6. The number of likely N-dealkylation sites (tertiary alicyclic amines) is 2. The third kappa shape index (κ3) is 4.08. The molecule has 34 heavy (non-hydrogen) atoms. The van der Waals surface area contributed by atoms with Gasteiger partial charge in [-0.05, 0) is 34.7 Å². The number of rotatable bonds is 4. The standard InChI is InChI=1S/C26H27N5O2S/c32-25(24-27-9-11-34-24)29-10-8-22(15-29)28-23-16-31(17-23)26(33)30-13-20-7-6-19(12-21(20)14-30)18-4-2-1-3-5-18/h1-7,9,11-12,22-23,28H,8,10,13-17H2/t22-/m0/s1. The van der Waals surface area contributed by atoms with Gasteiger partial charge in [-0.25, -0.2) is 9.78 Å². The zero-order chi connectivity index (χ0) is 23.1. The Hall–Kier alpha value is -3.23. The van der Waals surface area contributed by atoms with Gasteiger partial charge in [0.2, 0.25) is 0 Å². The molecular formula is C26H27N5O2S. The summed E-state index contributed by atoms with van der Waals surface area (Å²) in [5.74, 6) is 0.0220. The number of carbonyl (C=O) groups excluding carboxylic acids is 2. The minimum Gasteiger partial charge on any atom is -0.335 e. The number of nitrogens with zero attached hydrogens (tertiary/aromatic N) is 4. The lowest BCUT2D eigenvalue weighted by Gasteiger charge is -2.42. The summed E-state index contributed by atoms with van der Waals surface area (Å²) >= 11 is 1.39. The van der Waals surface area contributed by atoms with Crippen LogP contribution in [-0.4, -0.2) is 69.9 Å². The van der Waals surface area contributed by atoms with E-state index in [2.05, 4.69) is 52.8 Å². The lowest BCUT2D eigenvalue weighted by molar-refractivity contribution is 0.0782. The van der Waals surface area contributed by atoms with Gasteiger partial charge < -0.3 is 20.0 Å². The van der Waals surface area contributed by atoms with Crippen LogP contribution < -0.4 is 5.32 Å². The fourth-order valence-corrected chi connectivity index (χ4v) is 5.76. The van der Waals surface area contributed by atoms with E-state index in [0.717, 1.165) is 26.1 Å². The van der Waals surface area contributed by atoms with E-state index in [1.165, 1.54) is 33.6 Å². The van der Waals surface area contributed by atoms with E-state index >= 15 is 0 Å². The first-order valence-corrected chi connectivity index (χ1v) is 12.7. The summed E-state index contributed by atoms with van der Waals surface area (Å²) in [6.45, 7) is 4.24. The van der Waals surface area contributed by atoms with Crippen molar-refractivity contribution in [2.45, 2.75) is 31.6 Å². The van der Waals surface area contributed by atoms with Gasteiger partial charge in [0.05, 0.1) is 0 Å². The largest absolute Gasteiger partial charge is 0.335 e. The van der Waals surface area contributed by atoms with Gasteiger partial charge >= 0.3 is 6.03 Å². The molecule has 0 aliphatic carbocycles. The van der Waals surface area contributed by atoms with Crippen LogP contribution >= 0.6 is 11.3 Å². The molecule has 0 unspecified atom stereocenters. The number of urea groups is 1. The van der Waals surface area contributed by atoms with Crippen LogP contribution in [0.4, 0.5) is 4.79 Å². The van der Waals surface area contributed by atoms with Crippen LogP contribution in [0.1, 0.15) is 27.3 Å². The van der Waals surface area contributed by atoms with Gasteiger partial charge in [-0.1, -0.05) is 42.5 Å². The van der Waals surface area contributed by atoms with Gasteiger partial charge in [0, 0.05) is 62.9 Å². The molecule has 0 spiro atoms. The van der Waals surface area contributed by atoms with E-state index in [-0.39, 0.29) is 18.0 Å². The van der Waals surface area contributed by atoms with E-state index in [1.807, 2.05) is 26.1 Å². The van der Waals surface area contributed by atoms with Crippen molar-refractivity contribution in [3.8, 4) is 11.1 Å². The molecule has 7 nitrogen and oxygen atoms in total. The quantitative estimate of drug-likeness (QED) is 0.630. The van der Waals surface area contributed by atoms with Gasteiger partial charge in [0.1, 0.15) is 0 Å². The fraction of sp³-hybridized carbons (Fsp3) is 0.346. The monoisotopic (exact) mass is 473 g/mol. The van der Waals surface area contributed by atoms with Gasteiger partial charge in [0.25, 0.3) is 5.91 Å². The van der Waals surface area contributed by atoms with Gasteiger partial charge in [-0.3, -0.25) is 4.79 Å². The number of hydrogen-bond donors (Lipinski definition) is 1. The maximum absolute atomic E-state index is 13.1. The maximum atomic E-state index is 13.1. The first kappa shape index (κ1) is 21.3. The summed E-state index contributed by atoms with van der Waals surface area (Å²) < 4.78 is 0. The number of benzene rings is 2. The number of nitrogens with one attached hydrogen (secondary N) is 1. The highest BCUT2D eigenvalue weighted by molar-refractivity contribution is 7.11. The van der Waals surface area contributed by atoms with E-state index in [0.29, 0.717) is 30.7 Å². The molecule has 1 N–H and O–H groups in total. The molecular weight excluding hydrogens is 446 g/mol.